The van der Waals surface area contributed by atoms with Gasteiger partial charge in [0, 0.05) is 35.4 Å². The minimum atomic E-state index is -0.999. The first-order chi connectivity index (χ1) is 20.6. The Hall–Kier alpha value is -4.34. The van der Waals surface area contributed by atoms with Gasteiger partial charge in [-0.15, -0.1) is 0 Å². The summed E-state index contributed by atoms with van der Waals surface area (Å²) in [6, 6.07) is 11.1. The molecule has 0 bridgehead atoms. The Labute approximate surface area is 250 Å². The lowest BCUT2D eigenvalue weighted by atomic mass is 9.82. The van der Waals surface area contributed by atoms with Crippen molar-refractivity contribution in [2.75, 3.05) is 0 Å². The van der Waals surface area contributed by atoms with Crippen LogP contribution in [0.4, 0.5) is 0 Å². The summed E-state index contributed by atoms with van der Waals surface area (Å²) >= 11 is 0. The molecule has 0 radical (unpaired) electrons. The SMILES string of the molecule is C/C=C(/C)C(=O)O[C@@H]1Cc2c(c(CCc3ccccc3)c3oc(CO)cc(=O)c3c2O)O[C@@]1(C)CCC1=CNC(N)C=C1. The van der Waals surface area contributed by atoms with Gasteiger partial charge in [0.15, 0.2) is 5.43 Å². The van der Waals surface area contributed by atoms with E-state index >= 15 is 0 Å². The van der Waals surface area contributed by atoms with Crippen molar-refractivity contribution in [1.29, 1.82) is 0 Å². The number of rotatable bonds is 9. The van der Waals surface area contributed by atoms with Crippen molar-refractivity contribution in [3.63, 3.8) is 0 Å². The smallest absolute Gasteiger partial charge is 0.333 e. The molecule has 0 spiro atoms. The number of esters is 1. The van der Waals surface area contributed by atoms with E-state index < -0.39 is 29.7 Å². The molecule has 3 heterocycles. The second-order valence-electron chi connectivity index (χ2n) is 11.3. The van der Waals surface area contributed by atoms with Crippen LogP contribution in [-0.4, -0.2) is 34.1 Å². The Morgan fingerprint density at radius 1 is 1.23 bits per heavy atom. The van der Waals surface area contributed by atoms with Crippen molar-refractivity contribution in [1.82, 2.24) is 5.32 Å². The van der Waals surface area contributed by atoms with Crippen LogP contribution in [0.2, 0.25) is 0 Å². The van der Waals surface area contributed by atoms with Crippen LogP contribution in [0.15, 0.2) is 81.2 Å². The average molecular weight is 587 g/mol. The van der Waals surface area contributed by atoms with E-state index in [4.69, 9.17) is 19.6 Å². The third-order valence-corrected chi connectivity index (χ3v) is 8.30. The number of ether oxygens (including phenoxy) is 2. The lowest BCUT2D eigenvalue weighted by Crippen LogP contribution is -2.51. The zero-order valence-electron chi connectivity index (χ0n) is 24.7. The van der Waals surface area contributed by atoms with Crippen LogP contribution in [0.1, 0.15) is 56.1 Å². The molecule has 3 aromatic rings. The van der Waals surface area contributed by atoms with E-state index in [2.05, 4.69) is 5.32 Å². The van der Waals surface area contributed by atoms with E-state index in [0.29, 0.717) is 48.1 Å². The highest BCUT2D eigenvalue weighted by Gasteiger charge is 2.46. The summed E-state index contributed by atoms with van der Waals surface area (Å²) in [5.41, 5.74) is 8.16. The van der Waals surface area contributed by atoms with Crippen molar-refractivity contribution in [3.05, 3.63) is 105 Å². The number of aryl methyl sites for hydroxylation is 2. The molecule has 226 valence electrons. The molecule has 2 aliphatic rings. The van der Waals surface area contributed by atoms with E-state index in [0.717, 1.165) is 11.1 Å². The minimum absolute atomic E-state index is 0.0147. The summed E-state index contributed by atoms with van der Waals surface area (Å²) < 4.78 is 18.8. The van der Waals surface area contributed by atoms with Crippen LogP contribution in [-0.2, 0) is 35.4 Å². The molecule has 0 aliphatic carbocycles. The van der Waals surface area contributed by atoms with Crippen LogP contribution in [0, 0.1) is 0 Å². The first kappa shape index (κ1) is 30.1. The molecule has 0 saturated heterocycles. The topological polar surface area (TPSA) is 144 Å². The van der Waals surface area contributed by atoms with Crippen LogP contribution < -0.4 is 21.2 Å². The highest BCUT2D eigenvalue weighted by Crippen LogP contribution is 2.48. The minimum Gasteiger partial charge on any atom is -0.507 e. The van der Waals surface area contributed by atoms with Gasteiger partial charge in [-0.25, -0.2) is 4.79 Å². The Bertz CT molecular complexity index is 1670. The number of aromatic hydroxyl groups is 1. The summed E-state index contributed by atoms with van der Waals surface area (Å²) in [6.45, 7) is 4.87. The fourth-order valence-electron chi connectivity index (χ4n) is 5.55. The number of aliphatic hydroxyl groups excluding tert-OH is 1. The van der Waals surface area contributed by atoms with Gasteiger partial charge in [-0.05, 0) is 63.7 Å². The number of hydrogen-bond acceptors (Lipinski definition) is 9. The van der Waals surface area contributed by atoms with Gasteiger partial charge in [-0.2, -0.15) is 0 Å². The average Bonchev–Trinajstić information content (AvgIpc) is 3.01. The fourth-order valence-corrected chi connectivity index (χ4v) is 5.55. The molecule has 2 aromatic carbocycles. The van der Waals surface area contributed by atoms with Crippen LogP contribution in [0.5, 0.6) is 11.5 Å². The van der Waals surface area contributed by atoms with E-state index in [1.54, 1.807) is 19.9 Å². The van der Waals surface area contributed by atoms with Crippen molar-refractivity contribution in [2.24, 2.45) is 5.73 Å². The molecular formula is C34H38N2O7. The highest BCUT2D eigenvalue weighted by atomic mass is 16.6. The van der Waals surface area contributed by atoms with E-state index in [1.165, 1.54) is 6.07 Å². The van der Waals surface area contributed by atoms with Crippen molar-refractivity contribution >= 4 is 16.9 Å². The summed E-state index contributed by atoms with van der Waals surface area (Å²) in [4.78, 5) is 26.2. The molecule has 5 N–H and O–H groups in total. The maximum absolute atomic E-state index is 13.2. The molecule has 43 heavy (non-hydrogen) atoms. The van der Waals surface area contributed by atoms with Gasteiger partial charge < -0.3 is 35.2 Å². The van der Waals surface area contributed by atoms with Gasteiger partial charge in [0.1, 0.15) is 46.5 Å². The molecule has 0 saturated carbocycles. The zero-order valence-corrected chi connectivity index (χ0v) is 24.7. The fraction of sp³-hybridized carbons (Fsp3) is 0.353. The van der Waals surface area contributed by atoms with Gasteiger partial charge in [-0.1, -0.05) is 42.5 Å². The van der Waals surface area contributed by atoms with Crippen LogP contribution in [0.25, 0.3) is 11.0 Å². The lowest BCUT2D eigenvalue weighted by molar-refractivity contribution is -0.158. The number of carbonyl (C=O) groups is 1. The number of carbonyl (C=O) groups excluding carboxylic acids is 1. The third-order valence-electron chi connectivity index (χ3n) is 8.30. The number of aliphatic hydroxyl groups is 1. The number of nitrogens with two attached hydrogens (primary N) is 1. The number of hydrogen-bond donors (Lipinski definition) is 4. The van der Waals surface area contributed by atoms with E-state index in [-0.39, 0.29) is 35.1 Å². The largest absolute Gasteiger partial charge is 0.507 e. The molecule has 9 nitrogen and oxygen atoms in total. The number of nitrogens with one attached hydrogen (secondary N) is 1. The van der Waals surface area contributed by atoms with Gasteiger partial charge in [-0.3, -0.25) is 4.79 Å². The molecule has 2 aliphatic heterocycles. The normalized spacial score (nSPS) is 21.5. The number of benzene rings is 2. The first-order valence-corrected chi connectivity index (χ1v) is 14.5. The van der Waals surface area contributed by atoms with E-state index in [1.807, 2.05) is 55.6 Å². The molecule has 3 atom stereocenters. The Morgan fingerprint density at radius 2 is 2.00 bits per heavy atom. The van der Waals surface area contributed by atoms with Crippen molar-refractivity contribution < 1.29 is 28.9 Å². The zero-order chi connectivity index (χ0) is 30.7. The summed E-state index contributed by atoms with van der Waals surface area (Å²) in [5.74, 6) is -0.252. The molecule has 5 rings (SSSR count). The molecule has 9 heteroatoms. The maximum atomic E-state index is 13.2. The van der Waals surface area contributed by atoms with E-state index in [9.17, 15) is 19.8 Å². The summed E-state index contributed by atoms with van der Waals surface area (Å²) in [7, 11) is 0. The van der Waals surface area contributed by atoms with Gasteiger partial charge in [0.25, 0.3) is 0 Å². The molecule has 1 unspecified atom stereocenters. The predicted octanol–water partition coefficient (Wildman–Crippen LogP) is 4.46. The highest BCUT2D eigenvalue weighted by molar-refractivity contribution is 5.91. The number of fused-ring (bicyclic) bond motifs is 2. The predicted molar refractivity (Wildman–Crippen MR) is 164 cm³/mol. The number of phenolic OH excluding ortho intramolecular Hbond substituents is 1. The maximum Gasteiger partial charge on any atom is 0.333 e. The Morgan fingerprint density at radius 3 is 2.67 bits per heavy atom. The lowest BCUT2D eigenvalue weighted by Gasteiger charge is -2.43. The number of phenols is 1. The second kappa shape index (κ2) is 12.5. The van der Waals surface area contributed by atoms with Gasteiger partial charge in [0.2, 0.25) is 0 Å². The standard InChI is InChI=1S/C34H38N2O7/c1-4-20(2)33(40)42-27-17-25-30(39)29-26(38)16-23(19-37)41-32(29)24(12-10-21-8-6-5-7-9-21)31(25)43-34(27,3)15-14-22-11-13-28(35)36-18-22/h4-9,11,13,16,18,27-28,36-37,39H,10,12,14-15,17,19,35H2,1-3H3/b20-4-/t27-,28?,34+/m1/s1. The first-order valence-electron chi connectivity index (χ1n) is 14.5. The number of dihydropyridines is 1. The third kappa shape index (κ3) is 6.23. The van der Waals surface area contributed by atoms with Crippen LogP contribution >= 0.6 is 0 Å². The molecule has 1 aromatic heterocycles. The van der Waals surface area contributed by atoms with Crippen molar-refractivity contribution in [2.45, 2.75) is 77.4 Å². The van der Waals surface area contributed by atoms with Gasteiger partial charge >= 0.3 is 5.97 Å². The summed E-state index contributed by atoms with van der Waals surface area (Å²) in [6.07, 6.45) is 8.62. The van der Waals surface area contributed by atoms with Crippen molar-refractivity contribution in [3.8, 4) is 11.5 Å². The monoisotopic (exact) mass is 586 g/mol. The summed E-state index contributed by atoms with van der Waals surface area (Å²) in [5, 5.41) is 24.4. The Balaban J connectivity index is 1.63. The number of allylic oxidation sites excluding steroid dienone is 3. The molecule has 0 fully saturated rings. The Kier molecular flexibility index (Phi) is 8.75. The quantitative estimate of drug-likeness (QED) is 0.211. The second-order valence-corrected chi connectivity index (χ2v) is 11.3. The molecular weight excluding hydrogens is 548 g/mol. The van der Waals surface area contributed by atoms with Gasteiger partial charge in [0.05, 0.1) is 6.17 Å². The van der Waals surface area contributed by atoms with Crippen LogP contribution in [0.3, 0.4) is 0 Å². The molecule has 0 amide bonds.